The number of nitrogens with zero attached hydrogens (tertiary/aromatic N) is 3. The number of hydrogen-bond acceptors (Lipinski definition) is 8. The smallest absolute Gasteiger partial charge is 0.332 e. The molecule has 0 spiro atoms. The molecule has 1 rings (SSSR count). The van der Waals surface area contributed by atoms with Gasteiger partial charge in [0.2, 0.25) is 0 Å². The first-order valence-corrected chi connectivity index (χ1v) is 8.05. The van der Waals surface area contributed by atoms with Crippen molar-refractivity contribution >= 4 is 5.97 Å². The number of carbonyl (C=O) groups is 1. The molecule has 0 saturated carbocycles. The molecule has 0 radical (unpaired) electrons. The van der Waals surface area contributed by atoms with Crippen LogP contribution in [0.3, 0.4) is 0 Å². The van der Waals surface area contributed by atoms with Gasteiger partial charge >= 0.3 is 5.97 Å². The number of carbonyl (C=O) groups excluding carboxylic acids is 1. The summed E-state index contributed by atoms with van der Waals surface area (Å²) in [7, 11) is 1.41. The first-order valence-electron chi connectivity index (χ1n) is 8.05. The Hall–Kier alpha value is -1.42. The normalized spacial score (nSPS) is 29.8. The van der Waals surface area contributed by atoms with Gasteiger partial charge in [-0.05, 0) is 33.2 Å². The molecule has 0 aromatic rings. The molecule has 144 valence electrons. The lowest BCUT2D eigenvalue weighted by molar-refractivity contribution is -0.275. The maximum atomic E-state index is 11.9. The zero-order chi connectivity index (χ0) is 19.0. The molecular weight excluding hydrogens is 334 g/mol. The van der Waals surface area contributed by atoms with E-state index in [0.29, 0.717) is 6.61 Å². The summed E-state index contributed by atoms with van der Waals surface area (Å²) in [5.74, 6) is -0.568. The third kappa shape index (κ3) is 6.43. The van der Waals surface area contributed by atoms with Gasteiger partial charge in [0, 0.05) is 18.6 Å². The van der Waals surface area contributed by atoms with E-state index >= 15 is 0 Å². The Morgan fingerprint density at radius 3 is 2.48 bits per heavy atom. The number of esters is 1. The summed E-state index contributed by atoms with van der Waals surface area (Å²) in [5, 5.41) is 13.2. The zero-order valence-corrected chi connectivity index (χ0v) is 15.2. The summed E-state index contributed by atoms with van der Waals surface area (Å²) < 4.78 is 27.2. The fourth-order valence-corrected chi connectivity index (χ4v) is 2.53. The van der Waals surface area contributed by atoms with E-state index in [1.54, 1.807) is 27.7 Å². The molecule has 1 saturated heterocycles. The van der Waals surface area contributed by atoms with Crippen LogP contribution < -0.4 is 0 Å². The summed E-state index contributed by atoms with van der Waals surface area (Å²) in [5.41, 5.74) is 8.19. The van der Waals surface area contributed by atoms with E-state index in [1.165, 1.54) is 7.11 Å². The molecule has 5 atom stereocenters. The van der Waals surface area contributed by atoms with Crippen LogP contribution in [0.4, 0.5) is 0 Å². The molecule has 1 aliphatic rings. The van der Waals surface area contributed by atoms with Gasteiger partial charge in [0.1, 0.15) is 36.6 Å². The van der Waals surface area contributed by atoms with Gasteiger partial charge in [-0.1, -0.05) is 5.11 Å². The van der Waals surface area contributed by atoms with E-state index in [9.17, 15) is 9.90 Å². The monoisotopic (exact) mass is 361 g/mol. The second-order valence-corrected chi connectivity index (χ2v) is 6.44. The molecule has 10 heteroatoms. The van der Waals surface area contributed by atoms with Crippen molar-refractivity contribution in [2.75, 3.05) is 26.9 Å². The Labute approximate surface area is 146 Å². The van der Waals surface area contributed by atoms with E-state index in [0.717, 1.165) is 0 Å². The molecule has 1 heterocycles. The van der Waals surface area contributed by atoms with Crippen molar-refractivity contribution in [3.63, 3.8) is 0 Å². The highest BCUT2D eigenvalue weighted by molar-refractivity contribution is 5.71. The molecule has 0 aromatic heterocycles. The number of azide groups is 1. The van der Waals surface area contributed by atoms with Gasteiger partial charge in [-0.15, -0.1) is 0 Å². The quantitative estimate of drug-likeness (QED) is 0.297. The molecule has 0 aliphatic carbocycles. The van der Waals surface area contributed by atoms with Crippen molar-refractivity contribution in [1.29, 1.82) is 0 Å². The number of aliphatic hydroxyl groups is 1. The van der Waals surface area contributed by atoms with Crippen molar-refractivity contribution in [2.45, 2.75) is 63.9 Å². The SMILES string of the molecule is CCOC1OC(CO)[C@@H](OC)[C@H](OCC(=O)OC(C)(C)C)C1N=[N+]=[N-]. The van der Waals surface area contributed by atoms with E-state index < -0.39 is 42.2 Å². The predicted molar refractivity (Wildman–Crippen MR) is 86.7 cm³/mol. The Kier molecular flexibility index (Phi) is 8.57. The average molecular weight is 361 g/mol. The van der Waals surface area contributed by atoms with Crippen molar-refractivity contribution in [3.8, 4) is 0 Å². The van der Waals surface area contributed by atoms with E-state index in [4.69, 9.17) is 29.2 Å². The first-order chi connectivity index (χ1) is 11.8. The summed E-state index contributed by atoms with van der Waals surface area (Å²) >= 11 is 0. The van der Waals surface area contributed by atoms with Gasteiger partial charge in [0.15, 0.2) is 6.29 Å². The molecular formula is C15H27N3O7. The topological polar surface area (TPSA) is 132 Å². The van der Waals surface area contributed by atoms with Crippen LogP contribution in [-0.4, -0.2) is 74.3 Å². The van der Waals surface area contributed by atoms with Crippen LogP contribution >= 0.6 is 0 Å². The van der Waals surface area contributed by atoms with E-state index in [-0.39, 0.29) is 13.2 Å². The number of ether oxygens (including phenoxy) is 5. The molecule has 3 unspecified atom stereocenters. The minimum absolute atomic E-state index is 0.302. The summed E-state index contributed by atoms with van der Waals surface area (Å²) in [4.78, 5) is 14.7. The maximum Gasteiger partial charge on any atom is 0.332 e. The molecule has 0 aromatic carbocycles. The minimum Gasteiger partial charge on any atom is -0.458 e. The van der Waals surface area contributed by atoms with Crippen molar-refractivity contribution < 1.29 is 33.6 Å². The fourth-order valence-electron chi connectivity index (χ4n) is 2.53. The molecule has 0 amide bonds. The summed E-state index contributed by atoms with van der Waals surface area (Å²) in [6.07, 6.45) is -3.28. The third-order valence-electron chi connectivity index (χ3n) is 3.40. The fraction of sp³-hybridized carbons (Fsp3) is 0.933. The molecule has 1 aliphatic heterocycles. The van der Waals surface area contributed by atoms with Crippen molar-refractivity contribution in [2.24, 2.45) is 5.11 Å². The van der Waals surface area contributed by atoms with Crippen molar-refractivity contribution in [1.82, 2.24) is 0 Å². The molecule has 10 nitrogen and oxygen atoms in total. The van der Waals surface area contributed by atoms with Crippen LogP contribution in [0, 0.1) is 0 Å². The molecule has 1 N–H and O–H groups in total. The highest BCUT2D eigenvalue weighted by Gasteiger charge is 2.47. The second-order valence-electron chi connectivity index (χ2n) is 6.44. The van der Waals surface area contributed by atoms with E-state index in [1.807, 2.05) is 0 Å². The lowest BCUT2D eigenvalue weighted by atomic mass is 9.97. The Balaban J connectivity index is 2.95. The molecule has 1 fully saturated rings. The predicted octanol–water partition coefficient (Wildman–Crippen LogP) is 1.16. The number of aliphatic hydroxyl groups excluding tert-OH is 1. The van der Waals surface area contributed by atoms with Crippen LogP contribution in [0.2, 0.25) is 0 Å². The number of rotatable bonds is 8. The maximum absolute atomic E-state index is 11.9. The van der Waals surface area contributed by atoms with Gasteiger partial charge in [-0.3, -0.25) is 0 Å². The van der Waals surface area contributed by atoms with Crippen LogP contribution in [0.5, 0.6) is 0 Å². The van der Waals surface area contributed by atoms with Crippen LogP contribution in [0.15, 0.2) is 5.11 Å². The third-order valence-corrected chi connectivity index (χ3v) is 3.40. The van der Waals surface area contributed by atoms with Crippen LogP contribution in [0.25, 0.3) is 10.4 Å². The average Bonchev–Trinajstić information content (AvgIpc) is 2.53. The second kappa shape index (κ2) is 9.91. The van der Waals surface area contributed by atoms with E-state index in [2.05, 4.69) is 10.0 Å². The largest absolute Gasteiger partial charge is 0.458 e. The Morgan fingerprint density at radius 1 is 1.32 bits per heavy atom. The van der Waals surface area contributed by atoms with Crippen LogP contribution in [-0.2, 0) is 28.5 Å². The number of hydrogen-bond donors (Lipinski definition) is 1. The van der Waals surface area contributed by atoms with Crippen LogP contribution in [0.1, 0.15) is 27.7 Å². The zero-order valence-electron chi connectivity index (χ0n) is 15.2. The minimum atomic E-state index is -0.923. The summed E-state index contributed by atoms with van der Waals surface area (Å²) in [6, 6.07) is -0.889. The van der Waals surface area contributed by atoms with Gasteiger partial charge in [-0.2, -0.15) is 0 Å². The standard InChI is InChI=1S/C15H27N3O7/c1-6-22-14-11(17-18-16)13(12(21-5)9(7-19)24-14)23-8-10(20)25-15(2,3)4/h9,11-14,19H,6-8H2,1-5H3/t9?,11?,12-,13-,14?/m1/s1. The lowest BCUT2D eigenvalue weighted by Crippen LogP contribution is -2.60. The Morgan fingerprint density at radius 2 is 2.00 bits per heavy atom. The molecule has 25 heavy (non-hydrogen) atoms. The highest BCUT2D eigenvalue weighted by Crippen LogP contribution is 2.28. The summed E-state index contributed by atoms with van der Waals surface area (Å²) in [6.45, 7) is 6.57. The van der Waals surface area contributed by atoms with Gasteiger partial charge in [0.05, 0.1) is 6.61 Å². The van der Waals surface area contributed by atoms with Gasteiger partial charge < -0.3 is 28.8 Å². The lowest BCUT2D eigenvalue weighted by Gasteiger charge is -2.43. The number of methoxy groups -OCH3 is 1. The van der Waals surface area contributed by atoms with Gasteiger partial charge in [0.25, 0.3) is 0 Å². The highest BCUT2D eigenvalue weighted by atomic mass is 16.7. The first kappa shape index (κ1) is 21.6. The molecule has 0 bridgehead atoms. The van der Waals surface area contributed by atoms with Gasteiger partial charge in [-0.25, -0.2) is 4.79 Å². The Bertz CT molecular complexity index is 476. The van der Waals surface area contributed by atoms with Crippen molar-refractivity contribution in [3.05, 3.63) is 10.4 Å².